The second kappa shape index (κ2) is 8.71. The zero-order valence-corrected chi connectivity index (χ0v) is 15.4. The first-order chi connectivity index (χ1) is 11.9. The molecule has 0 bridgehead atoms. The van der Waals surface area contributed by atoms with Gasteiger partial charge in [0.15, 0.2) is 0 Å². The number of halogens is 2. The van der Waals surface area contributed by atoms with Crippen LogP contribution >= 0.6 is 23.4 Å². The summed E-state index contributed by atoms with van der Waals surface area (Å²) in [7, 11) is 1.24. The molecule has 0 N–H and O–H groups in total. The van der Waals surface area contributed by atoms with Crippen LogP contribution in [0, 0.1) is 5.92 Å². The minimum atomic E-state index is -0.817. The van der Waals surface area contributed by atoms with Crippen LogP contribution in [0.2, 0.25) is 0 Å². The number of amides is 1. The fourth-order valence-corrected chi connectivity index (χ4v) is 4.78. The monoisotopic (exact) mass is 391 g/mol. The molecule has 0 radical (unpaired) electrons. The van der Waals surface area contributed by atoms with Crippen molar-refractivity contribution in [3.05, 3.63) is 23.0 Å². The summed E-state index contributed by atoms with van der Waals surface area (Å²) in [5, 5.41) is -0.212. The molecule has 1 aliphatic heterocycles. The van der Waals surface area contributed by atoms with Crippen LogP contribution in [0.5, 0.6) is 0 Å². The minimum absolute atomic E-state index is 0.159. The third-order valence-electron chi connectivity index (χ3n) is 3.94. The number of allylic oxidation sites excluding steroid dienone is 3. The predicted octanol–water partition coefficient (Wildman–Crippen LogP) is 2.38. The molecule has 3 atom stereocenters. The van der Waals surface area contributed by atoms with Gasteiger partial charge in [0.1, 0.15) is 18.3 Å². The van der Waals surface area contributed by atoms with Crippen molar-refractivity contribution in [3.63, 3.8) is 0 Å². The Morgan fingerprint density at radius 2 is 2.16 bits per heavy atom. The average Bonchev–Trinajstić information content (AvgIpc) is 2.99. The minimum Gasteiger partial charge on any atom is -0.467 e. The van der Waals surface area contributed by atoms with Crippen LogP contribution in [0.4, 0.5) is 4.39 Å². The van der Waals surface area contributed by atoms with Crippen LogP contribution in [-0.2, 0) is 23.9 Å². The topological polar surface area (TPSA) is 72.9 Å². The van der Waals surface area contributed by atoms with Gasteiger partial charge in [-0.3, -0.25) is 9.59 Å². The fourth-order valence-electron chi connectivity index (χ4n) is 2.80. The molecule has 0 spiro atoms. The predicted molar refractivity (Wildman–Crippen MR) is 91.4 cm³/mol. The third-order valence-corrected chi connectivity index (χ3v) is 5.73. The number of hydrogen-bond acceptors (Lipinski definition) is 6. The Labute approximate surface area is 154 Å². The van der Waals surface area contributed by atoms with Crippen LogP contribution in [0.25, 0.3) is 0 Å². The summed E-state index contributed by atoms with van der Waals surface area (Å²) < 4.78 is 22.9. The molecule has 2 unspecified atom stereocenters. The Morgan fingerprint density at radius 3 is 2.76 bits per heavy atom. The molecule has 1 amide bonds. The summed E-state index contributed by atoms with van der Waals surface area (Å²) in [6.07, 6.45) is 2.42. The van der Waals surface area contributed by atoms with E-state index in [-0.39, 0.29) is 17.6 Å². The van der Waals surface area contributed by atoms with Gasteiger partial charge in [0, 0.05) is 16.7 Å². The highest BCUT2D eigenvalue weighted by atomic mass is 35.5. The van der Waals surface area contributed by atoms with E-state index in [9.17, 15) is 18.8 Å². The average molecular weight is 392 g/mol. The molecular formula is C16H19ClFNO5S. The van der Waals surface area contributed by atoms with Crippen molar-refractivity contribution >= 4 is 41.2 Å². The number of carbonyl (C=O) groups is 3. The first-order valence-corrected chi connectivity index (χ1v) is 9.20. The van der Waals surface area contributed by atoms with Gasteiger partial charge >= 0.3 is 11.9 Å². The maximum absolute atomic E-state index is 13.3. The van der Waals surface area contributed by atoms with Crippen molar-refractivity contribution in [2.45, 2.75) is 31.2 Å². The molecule has 25 heavy (non-hydrogen) atoms. The van der Waals surface area contributed by atoms with Gasteiger partial charge in [-0.15, -0.1) is 11.8 Å². The number of nitrogens with zero attached hydrogens (tertiary/aromatic N) is 1. The molecule has 1 saturated heterocycles. The quantitative estimate of drug-likeness (QED) is 0.529. The van der Waals surface area contributed by atoms with Crippen molar-refractivity contribution in [1.82, 2.24) is 4.90 Å². The van der Waals surface area contributed by atoms with Gasteiger partial charge in [-0.25, -0.2) is 9.18 Å². The molecule has 1 fully saturated rings. The van der Waals surface area contributed by atoms with Crippen LogP contribution in [0.15, 0.2) is 23.0 Å². The lowest BCUT2D eigenvalue weighted by atomic mass is 9.98. The van der Waals surface area contributed by atoms with Crippen molar-refractivity contribution in [2.24, 2.45) is 5.92 Å². The van der Waals surface area contributed by atoms with Crippen LogP contribution in [0.1, 0.15) is 19.8 Å². The summed E-state index contributed by atoms with van der Waals surface area (Å²) in [6.45, 7) is 1.80. The van der Waals surface area contributed by atoms with Gasteiger partial charge in [-0.2, -0.15) is 0 Å². The van der Waals surface area contributed by atoms with E-state index in [0.29, 0.717) is 12.2 Å². The molecule has 9 heteroatoms. The molecule has 0 saturated carbocycles. The standard InChI is InChI=1S/C16H19ClFNO5S/c1-3-24-14(21)7-13(20)19-12(16(22)23-2)8-25-15(19)10-5-4-9(18)6-11(10)17/h4,6,10,12,15H,3,5,7-8H2,1-2H3/t10?,12-,15?/m1/s1. The van der Waals surface area contributed by atoms with E-state index in [0.717, 1.165) is 0 Å². The fraction of sp³-hybridized carbons (Fsp3) is 0.562. The highest BCUT2D eigenvalue weighted by Crippen LogP contribution is 2.42. The van der Waals surface area contributed by atoms with E-state index in [1.54, 1.807) is 6.92 Å². The first kappa shape index (κ1) is 19.8. The van der Waals surface area contributed by atoms with E-state index >= 15 is 0 Å². The molecule has 138 valence electrons. The van der Waals surface area contributed by atoms with Crippen molar-refractivity contribution < 1.29 is 28.2 Å². The lowest BCUT2D eigenvalue weighted by Gasteiger charge is -2.33. The maximum atomic E-state index is 13.3. The van der Waals surface area contributed by atoms with E-state index in [1.807, 2.05) is 0 Å². The van der Waals surface area contributed by atoms with Gasteiger partial charge in [0.05, 0.1) is 19.1 Å². The summed E-state index contributed by atoms with van der Waals surface area (Å²) >= 11 is 7.52. The normalized spacial score (nSPS) is 25.9. The number of thioether (sulfide) groups is 1. The van der Waals surface area contributed by atoms with Crippen molar-refractivity contribution in [1.29, 1.82) is 0 Å². The maximum Gasteiger partial charge on any atom is 0.329 e. The number of methoxy groups -OCH3 is 1. The number of hydrogen-bond donors (Lipinski definition) is 0. The van der Waals surface area contributed by atoms with E-state index < -0.39 is 41.5 Å². The lowest BCUT2D eigenvalue weighted by Crippen LogP contribution is -2.49. The van der Waals surface area contributed by atoms with Gasteiger partial charge in [0.2, 0.25) is 5.91 Å². The van der Waals surface area contributed by atoms with E-state index in [1.165, 1.54) is 35.9 Å². The molecular weight excluding hydrogens is 373 g/mol. The summed E-state index contributed by atoms with van der Waals surface area (Å²) in [5.74, 6) is -2.24. The highest BCUT2D eigenvalue weighted by Gasteiger charge is 2.46. The second-order valence-corrected chi connectivity index (χ2v) is 7.09. The number of ether oxygens (including phenoxy) is 2. The summed E-state index contributed by atoms with van der Waals surface area (Å²) in [4.78, 5) is 37.7. The molecule has 0 aromatic rings. The molecule has 2 aliphatic rings. The van der Waals surface area contributed by atoms with Crippen LogP contribution in [-0.4, -0.2) is 53.6 Å². The van der Waals surface area contributed by atoms with Gasteiger partial charge in [-0.1, -0.05) is 11.6 Å². The zero-order chi connectivity index (χ0) is 18.6. The van der Waals surface area contributed by atoms with Crippen molar-refractivity contribution in [3.8, 4) is 0 Å². The van der Waals surface area contributed by atoms with E-state index in [2.05, 4.69) is 0 Å². The number of rotatable bonds is 5. The molecule has 0 aromatic heterocycles. The van der Waals surface area contributed by atoms with Gasteiger partial charge < -0.3 is 14.4 Å². The Hall–Kier alpha value is -1.54. The Morgan fingerprint density at radius 1 is 1.44 bits per heavy atom. The Bertz CT molecular complexity index is 624. The largest absolute Gasteiger partial charge is 0.467 e. The zero-order valence-electron chi connectivity index (χ0n) is 13.9. The SMILES string of the molecule is CCOC(=O)CC(=O)N1C(C2CC=C(F)C=C2Cl)SC[C@@H]1C(=O)OC. The van der Waals surface area contributed by atoms with Gasteiger partial charge in [0.25, 0.3) is 0 Å². The first-order valence-electron chi connectivity index (χ1n) is 7.78. The smallest absolute Gasteiger partial charge is 0.329 e. The molecule has 6 nitrogen and oxygen atoms in total. The van der Waals surface area contributed by atoms with Crippen LogP contribution in [0.3, 0.4) is 0 Å². The number of esters is 2. The molecule has 1 heterocycles. The Kier molecular flexibility index (Phi) is 6.89. The summed E-state index contributed by atoms with van der Waals surface area (Å²) in [6, 6.07) is -0.817. The Balaban J connectivity index is 2.23. The van der Waals surface area contributed by atoms with Crippen LogP contribution < -0.4 is 0 Å². The van der Waals surface area contributed by atoms with E-state index in [4.69, 9.17) is 21.1 Å². The molecule has 2 rings (SSSR count). The molecule has 0 aromatic carbocycles. The second-order valence-electron chi connectivity index (χ2n) is 5.51. The number of carbonyl (C=O) groups excluding carboxylic acids is 3. The molecule has 1 aliphatic carbocycles. The summed E-state index contributed by atoms with van der Waals surface area (Å²) in [5.41, 5.74) is 0. The highest BCUT2D eigenvalue weighted by molar-refractivity contribution is 8.00. The lowest BCUT2D eigenvalue weighted by molar-refractivity contribution is -0.156. The van der Waals surface area contributed by atoms with Gasteiger partial charge in [-0.05, 0) is 25.5 Å². The third kappa shape index (κ3) is 4.55. The van der Waals surface area contributed by atoms with Crippen molar-refractivity contribution in [2.75, 3.05) is 19.5 Å².